The third kappa shape index (κ3) is 6.43. The second kappa shape index (κ2) is 14.5. The van der Waals surface area contributed by atoms with E-state index >= 15 is 0 Å². The normalized spacial score (nSPS) is 11.0. The molecule has 0 N–H and O–H groups in total. The van der Waals surface area contributed by atoms with Gasteiger partial charge >= 0.3 is 21.1 Å². The molecule has 244 valence electrons. The number of thiazole rings is 2. The second-order valence-corrected chi connectivity index (χ2v) is 14.0. The summed E-state index contributed by atoms with van der Waals surface area (Å²) in [6.07, 6.45) is 0. The number of hydrogen-bond acceptors (Lipinski definition) is 4. The summed E-state index contributed by atoms with van der Waals surface area (Å²) in [4.78, 5) is 9.67. The molecule has 0 bridgehead atoms. The number of benzene rings is 8. The molecule has 2 aromatic heterocycles. The number of hydrogen-bond donors (Lipinski definition) is 0. The van der Waals surface area contributed by atoms with Crippen LogP contribution in [-0.4, -0.2) is 9.97 Å². The van der Waals surface area contributed by atoms with E-state index in [0.29, 0.717) is 0 Å². The maximum Gasteiger partial charge on any atom is 2.00 e. The van der Waals surface area contributed by atoms with Gasteiger partial charge in [0.2, 0.25) is 0 Å². The summed E-state index contributed by atoms with van der Waals surface area (Å²) in [5.74, 6) is 0. The molecule has 51 heavy (non-hydrogen) atoms. The van der Waals surface area contributed by atoms with E-state index in [1.54, 1.807) is 22.7 Å². The van der Waals surface area contributed by atoms with Crippen LogP contribution in [0.5, 0.6) is 0 Å². The minimum Gasteiger partial charge on any atom is -0.285 e. The van der Waals surface area contributed by atoms with Crippen molar-refractivity contribution in [1.29, 1.82) is 0 Å². The fourth-order valence-electron chi connectivity index (χ4n) is 6.56. The topological polar surface area (TPSA) is 25.8 Å². The largest absolute Gasteiger partial charge is 2.00 e. The summed E-state index contributed by atoms with van der Waals surface area (Å²) in [7, 11) is 0. The summed E-state index contributed by atoms with van der Waals surface area (Å²) in [6.45, 7) is 0. The van der Waals surface area contributed by atoms with Gasteiger partial charge in [-0.05, 0) is 45.8 Å². The molecule has 5 heteroatoms. The SMILES string of the molecule is [Pt+2].[c-]1cccc(-c2cccc3ccccc23)c1-c1nc2ccccc2s1.[c-]1cccc(-c2cccc3ccccc23)c1-c1nc2ccccc2s1. The first-order valence-corrected chi connectivity index (χ1v) is 18.1. The monoisotopic (exact) mass is 867 g/mol. The van der Waals surface area contributed by atoms with E-state index < -0.39 is 0 Å². The summed E-state index contributed by atoms with van der Waals surface area (Å²) in [5.41, 5.74) is 9.04. The predicted molar refractivity (Wildman–Crippen MR) is 214 cm³/mol. The molecule has 0 amide bonds. The van der Waals surface area contributed by atoms with E-state index in [1.807, 2.05) is 36.4 Å². The van der Waals surface area contributed by atoms with Gasteiger partial charge < -0.3 is 0 Å². The van der Waals surface area contributed by atoms with E-state index in [9.17, 15) is 0 Å². The summed E-state index contributed by atoms with van der Waals surface area (Å²) in [6, 6.07) is 65.7. The maximum absolute atomic E-state index is 4.84. The number of rotatable bonds is 4. The maximum atomic E-state index is 4.84. The molecule has 0 atom stereocenters. The molecule has 0 saturated heterocycles. The predicted octanol–water partition coefficient (Wildman–Crippen LogP) is 13.2. The fraction of sp³-hybridized carbons (Fsp3) is 0. The van der Waals surface area contributed by atoms with Crippen LogP contribution >= 0.6 is 22.7 Å². The third-order valence-corrected chi connectivity index (χ3v) is 11.0. The van der Waals surface area contributed by atoms with Gasteiger partial charge in [-0.3, -0.25) is 9.97 Å². The number of aromatic nitrogens is 2. The van der Waals surface area contributed by atoms with Crippen molar-refractivity contribution in [1.82, 2.24) is 9.97 Å². The van der Waals surface area contributed by atoms with Crippen molar-refractivity contribution in [3.8, 4) is 43.4 Å². The van der Waals surface area contributed by atoms with Gasteiger partial charge in [0.1, 0.15) is 0 Å². The first-order chi connectivity index (χ1) is 24.8. The van der Waals surface area contributed by atoms with Crippen LogP contribution < -0.4 is 0 Å². The molecular formula is C46H28N2PtS2. The zero-order chi connectivity index (χ0) is 33.3. The quantitative estimate of drug-likeness (QED) is 0.165. The second-order valence-electron chi connectivity index (χ2n) is 11.9. The van der Waals surface area contributed by atoms with Crippen LogP contribution in [0.25, 0.3) is 85.4 Å². The van der Waals surface area contributed by atoms with Crippen LogP contribution in [0, 0.1) is 12.1 Å². The van der Waals surface area contributed by atoms with Crippen molar-refractivity contribution in [3.63, 3.8) is 0 Å². The molecule has 0 fully saturated rings. The van der Waals surface area contributed by atoms with E-state index in [2.05, 4.69) is 146 Å². The number of para-hydroxylation sites is 2. The summed E-state index contributed by atoms with van der Waals surface area (Å²) in [5, 5.41) is 7.05. The van der Waals surface area contributed by atoms with Crippen molar-refractivity contribution < 1.29 is 21.1 Å². The van der Waals surface area contributed by atoms with Gasteiger partial charge in [0.15, 0.2) is 0 Å². The Labute approximate surface area is 319 Å². The third-order valence-electron chi connectivity index (χ3n) is 8.89. The van der Waals surface area contributed by atoms with Gasteiger partial charge in [-0.15, -0.1) is 59.7 Å². The Balaban J connectivity index is 0.000000144. The van der Waals surface area contributed by atoms with E-state index in [1.165, 1.54) is 53.2 Å². The van der Waals surface area contributed by atoms with Crippen LogP contribution in [-0.2, 0) is 21.1 Å². The molecule has 0 spiro atoms. The fourth-order valence-corrected chi connectivity index (χ4v) is 8.53. The van der Waals surface area contributed by atoms with Crippen molar-refractivity contribution in [2.45, 2.75) is 0 Å². The molecule has 2 nitrogen and oxygen atoms in total. The Kier molecular flexibility index (Phi) is 9.39. The van der Waals surface area contributed by atoms with E-state index in [0.717, 1.165) is 32.2 Å². The first-order valence-electron chi connectivity index (χ1n) is 16.5. The average molecular weight is 868 g/mol. The molecule has 0 saturated carbocycles. The molecule has 0 aliphatic heterocycles. The van der Waals surface area contributed by atoms with E-state index in [-0.39, 0.29) is 21.1 Å². The van der Waals surface area contributed by atoms with Crippen LogP contribution in [0.3, 0.4) is 0 Å². The van der Waals surface area contributed by atoms with Gasteiger partial charge in [0, 0.05) is 19.4 Å². The smallest absolute Gasteiger partial charge is 0.285 e. The first kappa shape index (κ1) is 32.9. The Morgan fingerprint density at radius 3 is 1.24 bits per heavy atom. The molecule has 8 aromatic carbocycles. The molecular weight excluding hydrogens is 840 g/mol. The Hall–Kier alpha value is -5.25. The van der Waals surface area contributed by atoms with Gasteiger partial charge in [-0.2, -0.15) is 22.7 Å². The van der Waals surface area contributed by atoms with Gasteiger partial charge in [0.05, 0.1) is 11.0 Å². The summed E-state index contributed by atoms with van der Waals surface area (Å²) < 4.78 is 2.41. The molecule has 2 heterocycles. The van der Waals surface area contributed by atoms with Crippen molar-refractivity contribution in [2.75, 3.05) is 0 Å². The van der Waals surface area contributed by atoms with Crippen LogP contribution in [0.4, 0.5) is 0 Å². The van der Waals surface area contributed by atoms with Gasteiger partial charge in [0.25, 0.3) is 0 Å². The number of fused-ring (bicyclic) bond motifs is 4. The molecule has 0 aliphatic rings. The van der Waals surface area contributed by atoms with Crippen molar-refractivity contribution >= 4 is 64.7 Å². The zero-order valence-corrected chi connectivity index (χ0v) is 31.1. The van der Waals surface area contributed by atoms with E-state index in [4.69, 9.17) is 9.97 Å². The molecule has 10 rings (SSSR count). The van der Waals surface area contributed by atoms with Crippen LogP contribution in [0.2, 0.25) is 0 Å². The van der Waals surface area contributed by atoms with Crippen LogP contribution in [0.15, 0.2) is 170 Å². The molecule has 0 unspecified atom stereocenters. The standard InChI is InChI=1S/2C23H14NS.Pt/c2*1-2-10-17-16(8-1)9-7-13-18(17)19-11-3-4-12-20(19)23-24-21-14-5-6-15-22(21)25-23;/h2*1-11,13-15H;/q2*-1;+2. The Morgan fingerprint density at radius 2 is 0.765 bits per heavy atom. The average Bonchev–Trinajstić information content (AvgIpc) is 3.83. The minimum absolute atomic E-state index is 0. The molecule has 0 aliphatic carbocycles. The zero-order valence-electron chi connectivity index (χ0n) is 27.2. The van der Waals surface area contributed by atoms with Crippen molar-refractivity contribution in [3.05, 3.63) is 182 Å². The van der Waals surface area contributed by atoms with Crippen molar-refractivity contribution in [2.24, 2.45) is 0 Å². The van der Waals surface area contributed by atoms with Gasteiger partial charge in [-0.1, -0.05) is 131 Å². The Bertz CT molecular complexity index is 2530. The Morgan fingerprint density at radius 1 is 0.373 bits per heavy atom. The minimum atomic E-state index is 0. The number of nitrogens with zero attached hydrogens (tertiary/aromatic N) is 2. The summed E-state index contributed by atoms with van der Waals surface area (Å²) >= 11 is 3.44. The molecule has 10 aromatic rings. The van der Waals surface area contributed by atoms with Gasteiger partial charge in [-0.25, -0.2) is 0 Å². The van der Waals surface area contributed by atoms with Crippen LogP contribution in [0.1, 0.15) is 0 Å². The molecule has 0 radical (unpaired) electrons.